The van der Waals surface area contributed by atoms with Gasteiger partial charge in [0.1, 0.15) is 0 Å². The molecule has 2 aromatic carbocycles. The molecule has 0 radical (unpaired) electrons. The van der Waals surface area contributed by atoms with Gasteiger partial charge >= 0.3 is 6.03 Å². The normalized spacial score (nSPS) is 24.1. The van der Waals surface area contributed by atoms with Crippen molar-refractivity contribution in [3.63, 3.8) is 0 Å². The van der Waals surface area contributed by atoms with Crippen molar-refractivity contribution in [1.82, 2.24) is 9.80 Å². The quantitative estimate of drug-likeness (QED) is 0.769. The van der Waals surface area contributed by atoms with Crippen LogP contribution in [0.3, 0.4) is 0 Å². The molecule has 7 heteroatoms. The Hall–Kier alpha value is -2.57. The number of urea groups is 1. The van der Waals surface area contributed by atoms with Gasteiger partial charge in [-0.3, -0.25) is 4.79 Å². The molecular formula is C23H27ClN4O2. The first kappa shape index (κ1) is 20.7. The van der Waals surface area contributed by atoms with E-state index in [0.717, 1.165) is 25.1 Å². The molecule has 30 heavy (non-hydrogen) atoms. The molecule has 2 atom stereocenters. The number of hydrogen-bond acceptors (Lipinski definition) is 3. The van der Waals surface area contributed by atoms with Gasteiger partial charge in [-0.05, 0) is 63.2 Å². The number of benzene rings is 2. The lowest BCUT2D eigenvalue weighted by Gasteiger charge is -2.34. The van der Waals surface area contributed by atoms with Crippen molar-refractivity contribution in [2.24, 2.45) is 5.41 Å². The van der Waals surface area contributed by atoms with Gasteiger partial charge in [-0.25, -0.2) is 4.79 Å². The van der Waals surface area contributed by atoms with Crippen LogP contribution in [0.15, 0.2) is 54.6 Å². The molecule has 0 aliphatic carbocycles. The smallest absolute Gasteiger partial charge is 0.321 e. The highest BCUT2D eigenvalue weighted by molar-refractivity contribution is 6.30. The van der Waals surface area contributed by atoms with Crippen LogP contribution in [0.1, 0.15) is 19.3 Å². The summed E-state index contributed by atoms with van der Waals surface area (Å²) in [4.78, 5) is 30.3. The molecule has 0 saturated carbocycles. The lowest BCUT2D eigenvalue weighted by Crippen LogP contribution is -2.46. The number of para-hydroxylation sites is 1. The Morgan fingerprint density at radius 1 is 0.967 bits per heavy atom. The van der Waals surface area contributed by atoms with Crippen LogP contribution < -0.4 is 10.6 Å². The number of halogens is 1. The summed E-state index contributed by atoms with van der Waals surface area (Å²) >= 11 is 6.03. The summed E-state index contributed by atoms with van der Waals surface area (Å²) in [6.07, 6.45) is 2.21. The number of rotatable bonds is 3. The fourth-order valence-electron chi connectivity index (χ4n) is 4.76. The summed E-state index contributed by atoms with van der Waals surface area (Å²) in [6, 6.07) is 16.7. The zero-order valence-corrected chi connectivity index (χ0v) is 17.9. The Balaban J connectivity index is 1.49. The molecule has 3 amide bonds. The molecule has 0 spiro atoms. The van der Waals surface area contributed by atoms with Crippen LogP contribution >= 0.6 is 11.6 Å². The van der Waals surface area contributed by atoms with Crippen molar-refractivity contribution in [2.75, 3.05) is 37.3 Å². The largest absolute Gasteiger partial charge is 0.326 e. The minimum absolute atomic E-state index is 0.0557. The molecule has 2 saturated heterocycles. The number of nitrogens with zero attached hydrogens (tertiary/aromatic N) is 2. The van der Waals surface area contributed by atoms with Crippen LogP contribution in [0, 0.1) is 5.41 Å². The van der Waals surface area contributed by atoms with E-state index in [1.807, 2.05) is 47.4 Å². The summed E-state index contributed by atoms with van der Waals surface area (Å²) in [5, 5.41) is 6.62. The molecule has 2 heterocycles. The minimum Gasteiger partial charge on any atom is -0.326 e. The molecule has 2 fully saturated rings. The van der Waals surface area contributed by atoms with Gasteiger partial charge < -0.3 is 20.4 Å². The third kappa shape index (κ3) is 4.16. The third-order valence-corrected chi connectivity index (χ3v) is 6.66. The second kappa shape index (κ2) is 8.66. The van der Waals surface area contributed by atoms with E-state index in [4.69, 9.17) is 11.6 Å². The third-order valence-electron chi connectivity index (χ3n) is 6.43. The molecule has 6 nitrogen and oxygen atoms in total. The lowest BCUT2D eigenvalue weighted by atomic mass is 9.75. The minimum atomic E-state index is -0.490. The van der Waals surface area contributed by atoms with E-state index in [1.54, 1.807) is 12.1 Å². The number of nitrogens with one attached hydrogen (secondary N) is 2. The maximum absolute atomic E-state index is 13.4. The maximum atomic E-state index is 13.4. The Morgan fingerprint density at radius 2 is 1.70 bits per heavy atom. The summed E-state index contributed by atoms with van der Waals surface area (Å²) in [5.74, 6) is 0.0557. The molecule has 0 bridgehead atoms. The predicted octanol–water partition coefficient (Wildman–Crippen LogP) is 4.30. The molecule has 158 valence electrons. The van der Waals surface area contributed by atoms with Gasteiger partial charge in [0.25, 0.3) is 0 Å². The first-order chi connectivity index (χ1) is 14.5. The van der Waals surface area contributed by atoms with E-state index in [-0.39, 0.29) is 18.0 Å². The molecule has 4 rings (SSSR count). The van der Waals surface area contributed by atoms with Crippen molar-refractivity contribution in [1.29, 1.82) is 0 Å². The Kier molecular flexibility index (Phi) is 5.97. The van der Waals surface area contributed by atoms with E-state index in [2.05, 4.69) is 22.6 Å². The zero-order chi connectivity index (χ0) is 21.1. The highest BCUT2D eigenvalue weighted by Gasteiger charge is 2.52. The van der Waals surface area contributed by atoms with Crippen molar-refractivity contribution < 1.29 is 9.59 Å². The molecule has 2 aromatic rings. The lowest BCUT2D eigenvalue weighted by molar-refractivity contribution is -0.127. The number of carbonyl (C=O) groups excluding carboxylic acids is 2. The Bertz CT molecular complexity index is 922. The SMILES string of the molecule is CN1CC[C@]2(C(=O)Nc3ccccc3)CCN(C(=O)Nc3cccc(Cl)c3)CC[C@H]12. The summed E-state index contributed by atoms with van der Waals surface area (Å²) in [6.45, 7) is 2.04. The van der Waals surface area contributed by atoms with Crippen LogP contribution in [0.4, 0.5) is 16.2 Å². The van der Waals surface area contributed by atoms with Gasteiger partial charge in [-0.1, -0.05) is 35.9 Å². The van der Waals surface area contributed by atoms with Gasteiger partial charge in [0.2, 0.25) is 5.91 Å². The van der Waals surface area contributed by atoms with E-state index in [9.17, 15) is 9.59 Å². The van der Waals surface area contributed by atoms with Gasteiger partial charge in [-0.2, -0.15) is 0 Å². The van der Waals surface area contributed by atoms with Gasteiger partial charge in [0.05, 0.1) is 5.41 Å². The van der Waals surface area contributed by atoms with E-state index >= 15 is 0 Å². The Morgan fingerprint density at radius 3 is 2.47 bits per heavy atom. The molecule has 2 aliphatic rings. The summed E-state index contributed by atoms with van der Waals surface area (Å²) in [7, 11) is 2.07. The predicted molar refractivity (Wildman–Crippen MR) is 120 cm³/mol. The summed E-state index contributed by atoms with van der Waals surface area (Å²) in [5.41, 5.74) is 0.992. The second-order valence-electron chi connectivity index (χ2n) is 8.19. The number of likely N-dealkylation sites (tertiary alicyclic amines) is 2. The summed E-state index contributed by atoms with van der Waals surface area (Å²) < 4.78 is 0. The van der Waals surface area contributed by atoms with Crippen molar-refractivity contribution in [3.05, 3.63) is 59.6 Å². The molecular weight excluding hydrogens is 400 g/mol. The van der Waals surface area contributed by atoms with E-state index in [0.29, 0.717) is 30.2 Å². The van der Waals surface area contributed by atoms with Crippen molar-refractivity contribution >= 4 is 34.9 Å². The highest BCUT2D eigenvalue weighted by atomic mass is 35.5. The number of hydrogen-bond donors (Lipinski definition) is 2. The van der Waals surface area contributed by atoms with E-state index < -0.39 is 5.41 Å². The average Bonchev–Trinajstić information content (AvgIpc) is 2.93. The number of anilines is 2. The van der Waals surface area contributed by atoms with Gasteiger partial charge in [-0.15, -0.1) is 0 Å². The van der Waals surface area contributed by atoms with Crippen LogP contribution in [0.25, 0.3) is 0 Å². The van der Waals surface area contributed by atoms with Crippen LogP contribution in [-0.2, 0) is 4.79 Å². The fourth-order valence-corrected chi connectivity index (χ4v) is 4.95. The van der Waals surface area contributed by atoms with Crippen LogP contribution in [0.5, 0.6) is 0 Å². The molecule has 0 unspecified atom stereocenters. The van der Waals surface area contributed by atoms with Crippen molar-refractivity contribution in [3.8, 4) is 0 Å². The first-order valence-electron chi connectivity index (χ1n) is 10.4. The topological polar surface area (TPSA) is 64.7 Å². The molecule has 2 N–H and O–H groups in total. The fraction of sp³-hybridized carbons (Fsp3) is 0.391. The molecule has 2 aliphatic heterocycles. The van der Waals surface area contributed by atoms with Crippen LogP contribution in [-0.4, -0.2) is 54.5 Å². The molecule has 0 aromatic heterocycles. The van der Waals surface area contributed by atoms with Crippen LogP contribution in [0.2, 0.25) is 5.02 Å². The van der Waals surface area contributed by atoms with Gasteiger partial charge in [0, 0.05) is 35.5 Å². The first-order valence-corrected chi connectivity index (χ1v) is 10.7. The van der Waals surface area contributed by atoms with Gasteiger partial charge in [0.15, 0.2) is 0 Å². The highest BCUT2D eigenvalue weighted by Crippen LogP contribution is 2.44. The monoisotopic (exact) mass is 426 g/mol. The number of carbonyl (C=O) groups is 2. The standard InChI is InChI=1S/C23H27ClN4O2/c1-27-14-11-23(21(29)25-18-7-3-2-4-8-18)12-15-28(13-10-20(23)27)22(30)26-19-9-5-6-17(24)16-19/h2-9,16,20H,10-15H2,1H3,(H,25,29)(H,26,30)/t20-,23-/m0/s1. The van der Waals surface area contributed by atoms with Crippen molar-refractivity contribution in [2.45, 2.75) is 25.3 Å². The second-order valence-corrected chi connectivity index (χ2v) is 8.63. The number of amides is 3. The Labute approximate surface area is 182 Å². The van der Waals surface area contributed by atoms with E-state index in [1.165, 1.54) is 0 Å². The zero-order valence-electron chi connectivity index (χ0n) is 17.1. The average molecular weight is 427 g/mol. The maximum Gasteiger partial charge on any atom is 0.321 e. The number of fused-ring (bicyclic) bond motifs is 1.